The number of pyridine rings is 1. The van der Waals surface area contributed by atoms with Crippen LogP contribution in [0.3, 0.4) is 0 Å². The molecule has 1 saturated heterocycles. The highest BCUT2D eigenvalue weighted by molar-refractivity contribution is 5.88. The second-order valence-corrected chi connectivity index (χ2v) is 9.23. The first-order chi connectivity index (χ1) is 16.1. The lowest BCUT2D eigenvalue weighted by Crippen LogP contribution is -2.42. The standard InChI is InChI=1S/C26H27N5O2/c1-16-6-7-18(27-13-16)15-33-20-12-25(32)31(28-14-20)19-8-9-21-23(11-19)30(2)24-10-17-4-3-5-22(29-17)26(21)24/h6-9,11-14,17,22,29H,3-5,10,15H2,1-2H3. The molecule has 2 unspecified atom stereocenters. The molecule has 2 aliphatic heterocycles. The fraction of sp³-hybridized carbons (Fsp3) is 0.346. The van der Waals surface area contributed by atoms with E-state index in [9.17, 15) is 4.79 Å². The summed E-state index contributed by atoms with van der Waals surface area (Å²) in [5.41, 5.74) is 6.44. The number of fused-ring (bicyclic) bond motifs is 6. The van der Waals surface area contributed by atoms with Gasteiger partial charge in [0.2, 0.25) is 0 Å². The molecule has 0 aliphatic carbocycles. The van der Waals surface area contributed by atoms with Crippen molar-refractivity contribution in [1.29, 1.82) is 0 Å². The molecule has 2 bridgehead atoms. The number of piperidine rings is 1. The van der Waals surface area contributed by atoms with Crippen molar-refractivity contribution < 1.29 is 4.74 Å². The molecule has 3 aromatic heterocycles. The van der Waals surface area contributed by atoms with Crippen LogP contribution in [0.5, 0.6) is 5.75 Å². The van der Waals surface area contributed by atoms with E-state index >= 15 is 0 Å². The van der Waals surface area contributed by atoms with Gasteiger partial charge in [0.25, 0.3) is 5.56 Å². The smallest absolute Gasteiger partial charge is 0.275 e. The summed E-state index contributed by atoms with van der Waals surface area (Å²) in [6, 6.07) is 12.6. The number of hydrogen-bond donors (Lipinski definition) is 1. The van der Waals surface area contributed by atoms with Crippen LogP contribution in [-0.4, -0.2) is 25.4 Å². The Morgan fingerprint density at radius 2 is 2.06 bits per heavy atom. The van der Waals surface area contributed by atoms with Gasteiger partial charge in [-0.15, -0.1) is 0 Å². The predicted molar refractivity (Wildman–Crippen MR) is 127 cm³/mol. The monoisotopic (exact) mass is 441 g/mol. The molecule has 7 nitrogen and oxygen atoms in total. The fourth-order valence-corrected chi connectivity index (χ4v) is 5.32. The zero-order chi connectivity index (χ0) is 22.5. The zero-order valence-electron chi connectivity index (χ0n) is 18.9. The lowest BCUT2D eigenvalue weighted by atomic mass is 9.84. The number of ether oxygens (including phenoxy) is 1. The van der Waals surface area contributed by atoms with E-state index in [0.717, 1.165) is 28.9 Å². The first-order valence-corrected chi connectivity index (χ1v) is 11.6. The predicted octanol–water partition coefficient (Wildman–Crippen LogP) is 3.75. The van der Waals surface area contributed by atoms with Gasteiger partial charge in [0, 0.05) is 48.9 Å². The number of hydrogen-bond acceptors (Lipinski definition) is 5. The molecule has 5 heterocycles. The largest absolute Gasteiger partial charge is 0.485 e. The molecule has 7 heteroatoms. The summed E-state index contributed by atoms with van der Waals surface area (Å²) in [7, 11) is 2.14. The molecule has 2 aliphatic rings. The van der Waals surface area contributed by atoms with Crippen LogP contribution in [-0.2, 0) is 20.1 Å². The fourth-order valence-electron chi connectivity index (χ4n) is 5.32. The lowest BCUT2D eigenvalue weighted by Gasteiger charge is -2.36. The van der Waals surface area contributed by atoms with Crippen molar-refractivity contribution in [2.24, 2.45) is 7.05 Å². The Labute approximate surface area is 192 Å². The first kappa shape index (κ1) is 20.2. The van der Waals surface area contributed by atoms with Gasteiger partial charge in [0.15, 0.2) is 0 Å². The summed E-state index contributed by atoms with van der Waals surface area (Å²) in [4.78, 5) is 17.2. The number of nitrogens with zero attached hydrogens (tertiary/aromatic N) is 4. The highest BCUT2D eigenvalue weighted by Gasteiger charge is 2.33. The second kappa shape index (κ2) is 7.85. The molecule has 2 atom stereocenters. The minimum atomic E-state index is -0.222. The molecule has 1 aromatic carbocycles. The van der Waals surface area contributed by atoms with Crippen molar-refractivity contribution in [3.05, 3.63) is 81.7 Å². The Balaban J connectivity index is 1.30. The Bertz CT molecular complexity index is 1400. The quantitative estimate of drug-likeness (QED) is 0.522. The minimum absolute atomic E-state index is 0.222. The zero-order valence-corrected chi connectivity index (χ0v) is 18.9. The van der Waals surface area contributed by atoms with Crippen LogP contribution in [0.4, 0.5) is 0 Å². The maximum atomic E-state index is 12.8. The van der Waals surface area contributed by atoms with E-state index in [1.807, 2.05) is 25.1 Å². The summed E-state index contributed by atoms with van der Waals surface area (Å²) in [6.45, 7) is 2.29. The normalized spacial score (nSPS) is 19.5. The molecule has 0 saturated carbocycles. The van der Waals surface area contributed by atoms with Crippen LogP contribution >= 0.6 is 0 Å². The van der Waals surface area contributed by atoms with E-state index in [-0.39, 0.29) is 5.56 Å². The first-order valence-electron chi connectivity index (χ1n) is 11.6. The Morgan fingerprint density at radius 3 is 2.88 bits per heavy atom. The van der Waals surface area contributed by atoms with Crippen LogP contribution < -0.4 is 15.6 Å². The average molecular weight is 442 g/mol. The van der Waals surface area contributed by atoms with E-state index < -0.39 is 0 Å². The number of rotatable bonds is 4. The molecule has 1 N–H and O–H groups in total. The summed E-state index contributed by atoms with van der Waals surface area (Å²) in [5, 5.41) is 9.46. The third kappa shape index (κ3) is 3.53. The number of aromatic nitrogens is 4. The Morgan fingerprint density at radius 1 is 1.15 bits per heavy atom. The number of benzene rings is 1. The summed E-state index contributed by atoms with van der Waals surface area (Å²) in [6.07, 6.45) is 8.16. The van der Waals surface area contributed by atoms with Crippen LogP contribution in [0.25, 0.3) is 16.6 Å². The van der Waals surface area contributed by atoms with E-state index in [0.29, 0.717) is 24.4 Å². The second-order valence-electron chi connectivity index (χ2n) is 9.23. The van der Waals surface area contributed by atoms with Crippen LogP contribution in [0.2, 0.25) is 0 Å². The molecule has 0 amide bonds. The molecule has 0 radical (unpaired) electrons. The van der Waals surface area contributed by atoms with Crippen LogP contribution in [0, 0.1) is 6.92 Å². The van der Waals surface area contributed by atoms with Crippen molar-refractivity contribution >= 4 is 10.9 Å². The molecule has 33 heavy (non-hydrogen) atoms. The van der Waals surface area contributed by atoms with E-state index in [1.54, 1.807) is 12.4 Å². The van der Waals surface area contributed by atoms with Gasteiger partial charge in [-0.2, -0.15) is 9.78 Å². The topological polar surface area (TPSA) is 74.0 Å². The lowest BCUT2D eigenvalue weighted by molar-refractivity contribution is 0.298. The van der Waals surface area contributed by atoms with Gasteiger partial charge in [-0.05, 0) is 55.5 Å². The van der Waals surface area contributed by atoms with Crippen LogP contribution in [0.1, 0.15) is 47.8 Å². The van der Waals surface area contributed by atoms with Crippen molar-refractivity contribution in [2.45, 2.75) is 51.3 Å². The highest BCUT2D eigenvalue weighted by Crippen LogP contribution is 2.40. The SMILES string of the molecule is Cc1ccc(COc2cnn(-c3ccc4c5c(n(C)c4c3)CC3CCCC5N3)c(=O)c2)nc1. The third-order valence-corrected chi connectivity index (χ3v) is 7.00. The maximum Gasteiger partial charge on any atom is 0.275 e. The number of nitrogens with one attached hydrogen (secondary N) is 1. The van der Waals surface area contributed by atoms with Gasteiger partial charge in [-0.3, -0.25) is 9.78 Å². The van der Waals surface area contributed by atoms with Gasteiger partial charge < -0.3 is 14.6 Å². The Hall–Kier alpha value is -3.45. The summed E-state index contributed by atoms with van der Waals surface area (Å²) >= 11 is 0. The van der Waals surface area contributed by atoms with Crippen molar-refractivity contribution in [3.8, 4) is 11.4 Å². The summed E-state index contributed by atoms with van der Waals surface area (Å²) < 4.78 is 9.47. The summed E-state index contributed by atoms with van der Waals surface area (Å²) in [5.74, 6) is 0.437. The molecule has 0 spiro atoms. The minimum Gasteiger partial charge on any atom is -0.485 e. The molecule has 4 aromatic rings. The van der Waals surface area contributed by atoms with Crippen LogP contribution in [0.15, 0.2) is 53.6 Å². The molecular weight excluding hydrogens is 414 g/mol. The van der Waals surface area contributed by atoms with Gasteiger partial charge in [-0.1, -0.05) is 12.1 Å². The highest BCUT2D eigenvalue weighted by atomic mass is 16.5. The van der Waals surface area contributed by atoms with Crippen molar-refractivity contribution in [2.75, 3.05) is 0 Å². The Kier molecular flexibility index (Phi) is 4.80. The van der Waals surface area contributed by atoms with Gasteiger partial charge in [0.05, 0.1) is 23.1 Å². The van der Waals surface area contributed by atoms with E-state index in [2.05, 4.69) is 39.1 Å². The molecule has 6 rings (SSSR count). The van der Waals surface area contributed by atoms with Gasteiger partial charge >= 0.3 is 0 Å². The maximum absolute atomic E-state index is 12.8. The van der Waals surface area contributed by atoms with E-state index in [4.69, 9.17) is 4.74 Å². The van der Waals surface area contributed by atoms with Gasteiger partial charge in [-0.25, -0.2) is 0 Å². The van der Waals surface area contributed by atoms with E-state index in [1.165, 1.54) is 46.7 Å². The van der Waals surface area contributed by atoms with Crippen molar-refractivity contribution in [3.63, 3.8) is 0 Å². The average Bonchev–Trinajstić information content (AvgIpc) is 3.10. The van der Waals surface area contributed by atoms with Crippen molar-refractivity contribution in [1.82, 2.24) is 24.6 Å². The molecular formula is C26H27N5O2. The number of aryl methyl sites for hydroxylation is 2. The third-order valence-electron chi connectivity index (χ3n) is 7.00. The van der Waals surface area contributed by atoms with Gasteiger partial charge in [0.1, 0.15) is 12.4 Å². The molecule has 1 fully saturated rings. The molecule has 168 valence electrons.